The highest BCUT2D eigenvalue weighted by Gasteiger charge is 2.45. The number of hydrogen-bond donors (Lipinski definition) is 0. The summed E-state index contributed by atoms with van der Waals surface area (Å²) < 4.78 is 18.4. The maximum atomic E-state index is 14.4. The van der Waals surface area contributed by atoms with E-state index in [1.165, 1.54) is 69.1 Å². The molecule has 0 N–H and O–H groups in total. The van der Waals surface area contributed by atoms with Gasteiger partial charge < -0.3 is 9.80 Å². The summed E-state index contributed by atoms with van der Waals surface area (Å²) in [7, 11) is 0. The van der Waals surface area contributed by atoms with E-state index < -0.39 is 0 Å². The van der Waals surface area contributed by atoms with Gasteiger partial charge in [-0.1, -0.05) is 68.8 Å². The third kappa shape index (κ3) is 4.18. The summed E-state index contributed by atoms with van der Waals surface area (Å²) in [6, 6.07) is 41.3. The van der Waals surface area contributed by atoms with Crippen LogP contribution in [0.3, 0.4) is 0 Å². The lowest BCUT2D eigenvalue weighted by Crippen LogP contribution is -2.61. The number of rotatable bonds is 4. The molecule has 0 atom stereocenters. The number of nitrogens with zero attached hydrogens (tertiary/aromatic N) is 2. The minimum atomic E-state index is -0.233. The van der Waals surface area contributed by atoms with Crippen LogP contribution in [0.15, 0.2) is 121 Å². The molecular formula is C44H34BFN2S2. The fourth-order valence-corrected chi connectivity index (χ4v) is 10.4. The summed E-state index contributed by atoms with van der Waals surface area (Å²) in [5.74, 6) is -0.233. The molecule has 0 saturated carbocycles. The fraction of sp³-hybridized carbons (Fsp3) is 0.136. The lowest BCUT2D eigenvalue weighted by Gasteiger charge is -2.44. The first kappa shape index (κ1) is 30.0. The molecule has 2 aliphatic rings. The van der Waals surface area contributed by atoms with Gasteiger partial charge in [-0.3, -0.25) is 0 Å². The summed E-state index contributed by atoms with van der Waals surface area (Å²) in [4.78, 5) is 4.85. The van der Waals surface area contributed by atoms with E-state index in [4.69, 9.17) is 0 Å². The van der Waals surface area contributed by atoms with Gasteiger partial charge in [0, 0.05) is 37.8 Å². The molecule has 4 heterocycles. The van der Waals surface area contributed by atoms with Crippen molar-refractivity contribution in [3.8, 4) is 0 Å². The van der Waals surface area contributed by atoms with E-state index >= 15 is 0 Å². The second-order valence-electron chi connectivity index (χ2n) is 14.4. The zero-order chi connectivity index (χ0) is 33.9. The highest BCUT2D eigenvalue weighted by molar-refractivity contribution is 7.26. The summed E-state index contributed by atoms with van der Waals surface area (Å²) in [5.41, 5.74) is 13.5. The van der Waals surface area contributed by atoms with E-state index in [9.17, 15) is 4.39 Å². The minimum Gasteiger partial charge on any atom is -0.311 e. The van der Waals surface area contributed by atoms with Gasteiger partial charge in [-0.05, 0) is 135 Å². The predicted octanol–water partition coefficient (Wildman–Crippen LogP) is 11.5. The number of aryl methyl sites for hydroxylation is 1. The molecule has 2 aliphatic heterocycles. The van der Waals surface area contributed by atoms with Crippen LogP contribution in [0.2, 0.25) is 0 Å². The van der Waals surface area contributed by atoms with Crippen LogP contribution in [0.25, 0.3) is 30.3 Å². The second kappa shape index (κ2) is 10.8. The maximum Gasteiger partial charge on any atom is 0.253 e. The van der Waals surface area contributed by atoms with Crippen LogP contribution in [0.5, 0.6) is 0 Å². The Bertz CT molecular complexity index is 2650. The molecule has 0 bridgehead atoms. The molecule has 2 nitrogen and oxygen atoms in total. The Labute approximate surface area is 300 Å². The first-order chi connectivity index (χ1) is 24.3. The Balaban J connectivity index is 1.35. The molecule has 0 saturated heterocycles. The topological polar surface area (TPSA) is 6.48 Å². The third-order valence-corrected chi connectivity index (χ3v) is 13.3. The number of thiophene rings is 2. The molecular weight excluding hydrogens is 650 g/mol. The molecule has 0 spiro atoms. The summed E-state index contributed by atoms with van der Waals surface area (Å²) in [5, 5.41) is 6.11. The molecule has 0 aliphatic carbocycles. The van der Waals surface area contributed by atoms with Crippen LogP contribution in [0.1, 0.15) is 38.3 Å². The van der Waals surface area contributed by atoms with E-state index in [2.05, 4.69) is 134 Å². The van der Waals surface area contributed by atoms with E-state index in [1.54, 1.807) is 12.1 Å². The van der Waals surface area contributed by atoms with Gasteiger partial charge in [-0.25, -0.2) is 4.39 Å². The second-order valence-corrected chi connectivity index (χ2v) is 16.4. The van der Waals surface area contributed by atoms with Crippen LogP contribution >= 0.6 is 22.7 Å². The van der Waals surface area contributed by atoms with E-state index in [0.717, 1.165) is 29.2 Å². The number of fused-ring (bicyclic) bond motifs is 10. The lowest BCUT2D eigenvalue weighted by atomic mass is 9.33. The normalized spacial score (nSPS) is 13.7. The van der Waals surface area contributed by atoms with E-state index in [-0.39, 0.29) is 17.9 Å². The number of halogens is 1. The van der Waals surface area contributed by atoms with Crippen molar-refractivity contribution in [2.45, 2.75) is 39.5 Å². The maximum absolute atomic E-state index is 14.4. The largest absolute Gasteiger partial charge is 0.311 e. The molecule has 8 aromatic rings. The fourth-order valence-electron chi connectivity index (χ4n) is 8.25. The van der Waals surface area contributed by atoms with Gasteiger partial charge in [-0.15, -0.1) is 22.7 Å². The van der Waals surface area contributed by atoms with Crippen LogP contribution in [-0.4, -0.2) is 6.71 Å². The number of anilines is 6. The van der Waals surface area contributed by atoms with Crippen molar-refractivity contribution in [2.24, 2.45) is 0 Å². The summed E-state index contributed by atoms with van der Waals surface area (Å²) in [6.07, 6.45) is 1.08. The van der Waals surface area contributed by atoms with Crippen LogP contribution in [-0.2, 0) is 5.41 Å². The summed E-state index contributed by atoms with van der Waals surface area (Å²) in [6.45, 7) is 9.10. The quantitative estimate of drug-likeness (QED) is 0.170. The molecule has 6 aromatic carbocycles. The summed E-state index contributed by atoms with van der Waals surface area (Å²) >= 11 is 3.72. The molecule has 242 valence electrons. The Hall–Kier alpha value is -4.91. The van der Waals surface area contributed by atoms with Crippen LogP contribution < -0.4 is 26.2 Å². The van der Waals surface area contributed by atoms with Crippen LogP contribution in [0.4, 0.5) is 38.5 Å². The average molecular weight is 685 g/mol. The van der Waals surface area contributed by atoms with Gasteiger partial charge in [0.05, 0.1) is 10.4 Å². The first-order valence-electron chi connectivity index (χ1n) is 17.4. The lowest BCUT2D eigenvalue weighted by molar-refractivity contribution is 0.507. The van der Waals surface area contributed by atoms with Gasteiger partial charge in [0.1, 0.15) is 5.82 Å². The monoisotopic (exact) mass is 684 g/mol. The first-order valence-corrected chi connectivity index (χ1v) is 19.1. The molecule has 10 rings (SSSR count). The van der Waals surface area contributed by atoms with E-state index in [1.807, 2.05) is 34.8 Å². The Kier molecular flexibility index (Phi) is 6.47. The molecule has 6 heteroatoms. The van der Waals surface area contributed by atoms with Crippen molar-refractivity contribution in [3.63, 3.8) is 0 Å². The van der Waals surface area contributed by atoms with Gasteiger partial charge in [0.15, 0.2) is 0 Å². The van der Waals surface area contributed by atoms with Gasteiger partial charge in [0.2, 0.25) is 0 Å². The van der Waals surface area contributed by atoms with Crippen molar-refractivity contribution < 1.29 is 4.39 Å². The average Bonchev–Trinajstić information content (AvgIpc) is 3.77. The van der Waals surface area contributed by atoms with Crippen molar-refractivity contribution in [1.29, 1.82) is 0 Å². The van der Waals surface area contributed by atoms with Crippen LogP contribution in [0, 0.1) is 12.7 Å². The van der Waals surface area contributed by atoms with E-state index in [0.29, 0.717) is 0 Å². The molecule has 0 unspecified atom stereocenters. The van der Waals surface area contributed by atoms with Crippen molar-refractivity contribution >= 4 is 110 Å². The Morgan fingerprint density at radius 3 is 2.22 bits per heavy atom. The highest BCUT2D eigenvalue weighted by atomic mass is 32.1. The van der Waals surface area contributed by atoms with Gasteiger partial charge in [0.25, 0.3) is 6.71 Å². The van der Waals surface area contributed by atoms with Gasteiger partial charge in [-0.2, -0.15) is 0 Å². The Morgan fingerprint density at radius 1 is 0.720 bits per heavy atom. The minimum absolute atomic E-state index is 0.00403. The zero-order valence-corrected chi connectivity index (χ0v) is 30.1. The molecule has 0 radical (unpaired) electrons. The number of benzene rings is 6. The van der Waals surface area contributed by atoms with Crippen molar-refractivity contribution in [1.82, 2.24) is 0 Å². The third-order valence-electron chi connectivity index (χ3n) is 11.2. The highest BCUT2D eigenvalue weighted by Crippen LogP contribution is 2.48. The van der Waals surface area contributed by atoms with Crippen molar-refractivity contribution in [3.05, 3.63) is 138 Å². The predicted molar refractivity (Wildman–Crippen MR) is 217 cm³/mol. The molecule has 0 fully saturated rings. The van der Waals surface area contributed by atoms with Gasteiger partial charge >= 0.3 is 0 Å². The standard InChI is InChI=1S/C44H34BFN2S2/c1-5-44(3,4)28-12-19-32-38(25-28)50-37-22-21-36-41(39(32)37)45-33-20-11-27-23-24-49-43(27)42(33)48(31-15-9-26(2)10-16-31)35-8-6-7-34(40(35)45)47(36)30-17-13-29(46)14-18-30/h6-25H,5H2,1-4H3. The molecule has 0 amide bonds. The zero-order valence-electron chi connectivity index (χ0n) is 28.4. The van der Waals surface area contributed by atoms with Crippen molar-refractivity contribution in [2.75, 3.05) is 9.80 Å². The number of hydrogen-bond acceptors (Lipinski definition) is 4. The molecule has 50 heavy (non-hydrogen) atoms. The Morgan fingerprint density at radius 2 is 1.44 bits per heavy atom. The smallest absolute Gasteiger partial charge is 0.253 e. The molecule has 2 aromatic heterocycles. The SMILES string of the molecule is CCC(C)(C)c1ccc2c(c1)sc1ccc3c(c12)B1c2ccc4ccsc4c2N(c2ccc(C)cc2)c2cccc(c21)N3c1ccc(F)cc1.